The average molecular weight is 373 g/mol. The summed E-state index contributed by atoms with van der Waals surface area (Å²) in [6, 6.07) is 8.82. The predicted octanol–water partition coefficient (Wildman–Crippen LogP) is 4.32. The first-order valence-electron chi connectivity index (χ1n) is 7.07. The molecule has 0 saturated carbocycles. The van der Waals surface area contributed by atoms with Crippen molar-refractivity contribution >= 4 is 17.6 Å². The number of benzene rings is 2. The van der Waals surface area contributed by atoms with Crippen LogP contribution in [0.3, 0.4) is 0 Å². The number of carbonyl (C=O) groups is 1. The summed E-state index contributed by atoms with van der Waals surface area (Å²) >= 11 is 5.88. The summed E-state index contributed by atoms with van der Waals surface area (Å²) in [5, 5.41) is 0.364. The molecule has 134 valence electrons. The van der Waals surface area contributed by atoms with Crippen molar-refractivity contribution in [1.29, 1.82) is 0 Å². The molecule has 8 heteroatoms. The number of hydrogen-bond donors (Lipinski definition) is 0. The molecule has 0 unspecified atom stereocenters. The Labute approximate surface area is 148 Å². The number of esters is 1. The van der Waals surface area contributed by atoms with Crippen LogP contribution in [0.25, 0.3) is 0 Å². The maximum atomic E-state index is 12.3. The lowest BCUT2D eigenvalue weighted by atomic mass is 10.2. The van der Waals surface area contributed by atoms with Gasteiger partial charge < -0.3 is 18.9 Å². The van der Waals surface area contributed by atoms with Crippen molar-refractivity contribution in [1.82, 2.24) is 0 Å². The van der Waals surface area contributed by atoms with Crippen LogP contribution in [0.4, 0.5) is 8.78 Å². The zero-order valence-electron chi connectivity index (χ0n) is 13.4. The molecule has 0 amide bonds. The highest BCUT2D eigenvalue weighted by atomic mass is 35.5. The Balaban J connectivity index is 2.11. The molecule has 0 N–H and O–H groups in total. The highest BCUT2D eigenvalue weighted by molar-refractivity contribution is 6.31. The van der Waals surface area contributed by atoms with Gasteiger partial charge in [-0.3, -0.25) is 0 Å². The molecule has 0 spiro atoms. The summed E-state index contributed by atoms with van der Waals surface area (Å²) in [5.41, 5.74) is 0.715. The van der Waals surface area contributed by atoms with E-state index in [4.69, 9.17) is 25.8 Å². The number of hydrogen-bond acceptors (Lipinski definition) is 5. The van der Waals surface area contributed by atoms with Gasteiger partial charge in [-0.25, -0.2) is 4.79 Å². The molecule has 25 heavy (non-hydrogen) atoms. The van der Waals surface area contributed by atoms with E-state index in [-0.39, 0.29) is 23.7 Å². The molecule has 2 aromatic carbocycles. The van der Waals surface area contributed by atoms with Crippen LogP contribution in [-0.2, 0) is 11.3 Å². The molecule has 0 heterocycles. The summed E-state index contributed by atoms with van der Waals surface area (Å²) < 4.78 is 44.3. The third-order valence-corrected chi connectivity index (χ3v) is 3.43. The van der Waals surface area contributed by atoms with E-state index in [9.17, 15) is 13.6 Å². The number of alkyl halides is 2. The van der Waals surface area contributed by atoms with E-state index in [1.165, 1.54) is 38.5 Å². The SMILES string of the molecule is COc1cc(COC(=O)c2cc(Cl)ccc2OC)ccc1OC(F)F. The first-order valence-corrected chi connectivity index (χ1v) is 7.44. The van der Waals surface area contributed by atoms with Crippen molar-refractivity contribution in [3.63, 3.8) is 0 Å². The Morgan fingerprint density at radius 2 is 1.72 bits per heavy atom. The summed E-state index contributed by atoms with van der Waals surface area (Å²) in [4.78, 5) is 12.2. The standard InChI is InChI=1S/C17H15ClF2O5/c1-22-13-6-4-11(18)8-12(13)16(21)24-9-10-3-5-14(25-17(19)20)15(7-10)23-2/h3-8,17H,9H2,1-2H3. The van der Waals surface area contributed by atoms with Crippen molar-refractivity contribution in [2.24, 2.45) is 0 Å². The highest BCUT2D eigenvalue weighted by Gasteiger charge is 2.16. The first kappa shape index (κ1) is 18.8. The third-order valence-electron chi connectivity index (χ3n) is 3.20. The molecule has 0 atom stereocenters. The molecule has 0 saturated heterocycles. The fourth-order valence-electron chi connectivity index (χ4n) is 2.06. The number of ether oxygens (including phenoxy) is 4. The van der Waals surface area contributed by atoms with Gasteiger partial charge in [0.15, 0.2) is 11.5 Å². The van der Waals surface area contributed by atoms with Gasteiger partial charge in [0.25, 0.3) is 0 Å². The van der Waals surface area contributed by atoms with E-state index in [0.717, 1.165) is 0 Å². The lowest BCUT2D eigenvalue weighted by Crippen LogP contribution is -2.08. The number of methoxy groups -OCH3 is 2. The second kappa shape index (κ2) is 8.53. The summed E-state index contributed by atoms with van der Waals surface area (Å²) in [6.07, 6.45) is 0. The van der Waals surface area contributed by atoms with Crippen molar-refractivity contribution in [2.45, 2.75) is 13.2 Å². The number of rotatable bonds is 7. The van der Waals surface area contributed by atoms with Crippen LogP contribution < -0.4 is 14.2 Å². The van der Waals surface area contributed by atoms with E-state index in [0.29, 0.717) is 16.3 Å². The van der Waals surface area contributed by atoms with Gasteiger partial charge in [-0.2, -0.15) is 8.78 Å². The fourth-order valence-corrected chi connectivity index (χ4v) is 2.23. The Morgan fingerprint density at radius 3 is 2.36 bits per heavy atom. The van der Waals surface area contributed by atoms with E-state index in [2.05, 4.69) is 4.74 Å². The van der Waals surface area contributed by atoms with Gasteiger partial charge in [-0.15, -0.1) is 0 Å². The van der Waals surface area contributed by atoms with Gasteiger partial charge in [-0.1, -0.05) is 17.7 Å². The zero-order valence-corrected chi connectivity index (χ0v) is 14.2. The lowest BCUT2D eigenvalue weighted by Gasteiger charge is -2.12. The van der Waals surface area contributed by atoms with Gasteiger partial charge in [0.05, 0.1) is 14.2 Å². The number of carbonyl (C=O) groups excluding carboxylic acids is 1. The minimum atomic E-state index is -2.96. The van der Waals surface area contributed by atoms with E-state index in [1.807, 2.05) is 0 Å². The molecule has 0 aliphatic carbocycles. The quantitative estimate of drug-likeness (QED) is 0.678. The average Bonchev–Trinajstić information content (AvgIpc) is 2.60. The van der Waals surface area contributed by atoms with E-state index in [1.54, 1.807) is 12.1 Å². The molecule has 2 rings (SSSR count). The summed E-state index contributed by atoms with van der Waals surface area (Å²) in [6.45, 7) is -3.06. The van der Waals surface area contributed by atoms with Gasteiger partial charge in [0.1, 0.15) is 17.9 Å². The number of halogens is 3. The maximum Gasteiger partial charge on any atom is 0.387 e. The van der Waals surface area contributed by atoms with Gasteiger partial charge in [0.2, 0.25) is 0 Å². The molecular formula is C17H15ClF2O5. The molecule has 0 aliphatic rings. The first-order chi connectivity index (χ1) is 11.9. The summed E-state index contributed by atoms with van der Waals surface area (Å²) in [5.74, 6) is -0.308. The molecule has 0 aromatic heterocycles. The molecule has 5 nitrogen and oxygen atoms in total. The molecule has 0 fully saturated rings. The second-order valence-electron chi connectivity index (χ2n) is 4.78. The van der Waals surface area contributed by atoms with Crippen molar-refractivity contribution < 1.29 is 32.5 Å². The van der Waals surface area contributed by atoms with Crippen LogP contribution in [0.1, 0.15) is 15.9 Å². The maximum absolute atomic E-state index is 12.3. The minimum absolute atomic E-state index is 0.0974. The Morgan fingerprint density at radius 1 is 1.04 bits per heavy atom. The smallest absolute Gasteiger partial charge is 0.387 e. The Kier molecular flexibility index (Phi) is 6.41. The molecule has 0 radical (unpaired) electrons. The lowest BCUT2D eigenvalue weighted by molar-refractivity contribution is -0.0512. The largest absolute Gasteiger partial charge is 0.496 e. The van der Waals surface area contributed by atoms with Crippen LogP contribution in [0.15, 0.2) is 36.4 Å². The van der Waals surface area contributed by atoms with Gasteiger partial charge in [0, 0.05) is 5.02 Å². The van der Waals surface area contributed by atoms with Crippen molar-refractivity contribution in [3.05, 3.63) is 52.5 Å². The van der Waals surface area contributed by atoms with Crippen LogP contribution in [0, 0.1) is 0 Å². The van der Waals surface area contributed by atoms with Crippen LogP contribution >= 0.6 is 11.6 Å². The Bertz CT molecular complexity index is 752. The second-order valence-corrected chi connectivity index (χ2v) is 5.22. The molecular weight excluding hydrogens is 358 g/mol. The Hall–Kier alpha value is -2.54. The fraction of sp³-hybridized carbons (Fsp3) is 0.235. The zero-order chi connectivity index (χ0) is 18.4. The molecule has 2 aromatic rings. The van der Waals surface area contributed by atoms with Crippen LogP contribution in [0.2, 0.25) is 5.02 Å². The van der Waals surface area contributed by atoms with Crippen LogP contribution in [-0.4, -0.2) is 26.8 Å². The highest BCUT2D eigenvalue weighted by Crippen LogP contribution is 2.30. The van der Waals surface area contributed by atoms with Gasteiger partial charge >= 0.3 is 12.6 Å². The van der Waals surface area contributed by atoms with Crippen molar-refractivity contribution in [2.75, 3.05) is 14.2 Å². The predicted molar refractivity (Wildman–Crippen MR) is 86.7 cm³/mol. The monoisotopic (exact) mass is 372 g/mol. The van der Waals surface area contributed by atoms with Crippen molar-refractivity contribution in [3.8, 4) is 17.2 Å². The topological polar surface area (TPSA) is 54.0 Å². The molecule has 0 aliphatic heterocycles. The normalized spacial score (nSPS) is 10.5. The van der Waals surface area contributed by atoms with E-state index >= 15 is 0 Å². The minimum Gasteiger partial charge on any atom is -0.496 e. The van der Waals surface area contributed by atoms with E-state index < -0.39 is 12.6 Å². The van der Waals surface area contributed by atoms with Gasteiger partial charge in [-0.05, 0) is 35.9 Å². The molecule has 0 bridgehead atoms. The summed E-state index contributed by atoms with van der Waals surface area (Å²) in [7, 11) is 2.74. The third kappa shape index (κ3) is 4.96. The van der Waals surface area contributed by atoms with Crippen LogP contribution in [0.5, 0.6) is 17.2 Å².